The fourth-order valence-corrected chi connectivity index (χ4v) is 3.53. The average molecular weight is 281 g/mol. The molecule has 2 rings (SSSR count). The third kappa shape index (κ3) is 3.17. The van der Waals surface area contributed by atoms with Gasteiger partial charge in [0, 0.05) is 11.8 Å². The van der Waals surface area contributed by atoms with E-state index in [4.69, 9.17) is 4.74 Å². The van der Waals surface area contributed by atoms with Gasteiger partial charge in [-0.25, -0.2) is 4.98 Å². The van der Waals surface area contributed by atoms with Gasteiger partial charge in [0.15, 0.2) is 0 Å². The van der Waals surface area contributed by atoms with Crippen LogP contribution in [0.3, 0.4) is 0 Å². The molecule has 18 heavy (non-hydrogen) atoms. The molecule has 0 aliphatic carbocycles. The van der Waals surface area contributed by atoms with Crippen LogP contribution in [0.5, 0.6) is 0 Å². The molecule has 0 aliphatic rings. The second-order valence-corrected chi connectivity index (χ2v) is 5.66. The van der Waals surface area contributed by atoms with Gasteiger partial charge in [0.05, 0.1) is 23.6 Å². The van der Waals surface area contributed by atoms with E-state index < -0.39 is 0 Å². The lowest BCUT2D eigenvalue weighted by Gasteiger charge is -1.99. The summed E-state index contributed by atoms with van der Waals surface area (Å²) in [5.41, 5.74) is 2.22. The second kappa shape index (κ2) is 6.11. The molecule has 2 aromatic rings. The van der Waals surface area contributed by atoms with Crippen LogP contribution in [0.15, 0.2) is 16.8 Å². The van der Waals surface area contributed by atoms with Crippen molar-refractivity contribution in [3.8, 4) is 9.88 Å². The predicted octanol–water partition coefficient (Wildman–Crippen LogP) is 3.68. The number of nitrogens with zero attached hydrogens (tertiary/aromatic N) is 1. The van der Waals surface area contributed by atoms with Crippen molar-refractivity contribution in [2.24, 2.45) is 0 Å². The zero-order valence-electron chi connectivity index (χ0n) is 10.4. The molecule has 0 amide bonds. The second-order valence-electron chi connectivity index (χ2n) is 3.88. The van der Waals surface area contributed by atoms with E-state index in [-0.39, 0.29) is 5.97 Å². The van der Waals surface area contributed by atoms with Crippen molar-refractivity contribution in [3.63, 3.8) is 0 Å². The Bertz CT molecular complexity index is 531. The number of ether oxygens (including phenoxy) is 1. The number of carbonyl (C=O) groups excluding carboxylic acids is 1. The number of rotatable bonds is 5. The molecule has 0 aromatic carbocycles. The number of esters is 1. The van der Waals surface area contributed by atoms with E-state index in [1.165, 1.54) is 10.4 Å². The molecule has 0 N–H and O–H groups in total. The van der Waals surface area contributed by atoms with E-state index in [2.05, 4.69) is 23.4 Å². The summed E-state index contributed by atoms with van der Waals surface area (Å²) in [5, 5.41) is 5.14. The van der Waals surface area contributed by atoms with Crippen molar-refractivity contribution in [1.29, 1.82) is 0 Å². The van der Waals surface area contributed by atoms with Crippen molar-refractivity contribution in [1.82, 2.24) is 4.98 Å². The molecular weight excluding hydrogens is 266 g/mol. The van der Waals surface area contributed by atoms with E-state index in [1.54, 1.807) is 22.7 Å². The summed E-state index contributed by atoms with van der Waals surface area (Å²) >= 11 is 3.34. The van der Waals surface area contributed by atoms with Gasteiger partial charge in [-0.05, 0) is 30.9 Å². The molecule has 0 atom stereocenters. The number of hydrogen-bond acceptors (Lipinski definition) is 5. The van der Waals surface area contributed by atoms with E-state index in [9.17, 15) is 4.79 Å². The Morgan fingerprint density at radius 2 is 2.28 bits per heavy atom. The van der Waals surface area contributed by atoms with Gasteiger partial charge in [-0.2, -0.15) is 0 Å². The summed E-state index contributed by atoms with van der Waals surface area (Å²) in [5.74, 6) is -0.153. The van der Waals surface area contributed by atoms with Crippen molar-refractivity contribution in [2.75, 3.05) is 6.61 Å². The molecule has 3 nitrogen and oxygen atoms in total. The molecule has 0 spiro atoms. The Morgan fingerprint density at radius 1 is 1.44 bits per heavy atom. The van der Waals surface area contributed by atoms with Gasteiger partial charge in [-0.15, -0.1) is 22.7 Å². The fraction of sp³-hybridized carbons (Fsp3) is 0.385. The summed E-state index contributed by atoms with van der Waals surface area (Å²) in [6.07, 6.45) is 1.06. The van der Waals surface area contributed by atoms with E-state index in [0.717, 1.165) is 10.7 Å². The van der Waals surface area contributed by atoms with Gasteiger partial charge in [-0.3, -0.25) is 4.79 Å². The van der Waals surface area contributed by atoms with Crippen LogP contribution >= 0.6 is 22.7 Å². The molecular formula is C13H15NO2S2. The van der Waals surface area contributed by atoms with Gasteiger partial charge >= 0.3 is 5.97 Å². The van der Waals surface area contributed by atoms with Crippen LogP contribution in [-0.2, 0) is 16.0 Å². The number of thiophene rings is 1. The molecule has 0 aliphatic heterocycles. The van der Waals surface area contributed by atoms with Gasteiger partial charge < -0.3 is 4.74 Å². The number of carbonyl (C=O) groups is 1. The highest BCUT2D eigenvalue weighted by Gasteiger charge is 2.10. The number of aromatic nitrogens is 1. The molecule has 2 aromatic heterocycles. The first-order valence-corrected chi connectivity index (χ1v) is 7.61. The summed E-state index contributed by atoms with van der Waals surface area (Å²) in [7, 11) is 0. The summed E-state index contributed by atoms with van der Waals surface area (Å²) in [6, 6.07) is 2.10. The van der Waals surface area contributed by atoms with Crippen LogP contribution in [0.25, 0.3) is 9.88 Å². The van der Waals surface area contributed by atoms with Crippen molar-refractivity contribution < 1.29 is 9.53 Å². The number of hydrogen-bond donors (Lipinski definition) is 0. The Morgan fingerprint density at radius 3 is 2.94 bits per heavy atom. The quantitative estimate of drug-likeness (QED) is 0.785. The van der Waals surface area contributed by atoms with Crippen molar-refractivity contribution in [2.45, 2.75) is 26.7 Å². The van der Waals surface area contributed by atoms with E-state index in [1.807, 2.05) is 12.3 Å². The fourth-order valence-electron chi connectivity index (χ4n) is 1.58. The minimum atomic E-state index is -0.153. The highest BCUT2D eigenvalue weighted by molar-refractivity contribution is 7.20. The van der Waals surface area contributed by atoms with E-state index in [0.29, 0.717) is 19.4 Å². The SMILES string of the molecule is CCOC(=O)CCc1csc(-c2sccc2C)n1. The third-order valence-corrected chi connectivity index (χ3v) is 4.56. The number of thiazole rings is 1. The van der Waals surface area contributed by atoms with Crippen LogP contribution in [-0.4, -0.2) is 17.6 Å². The highest BCUT2D eigenvalue weighted by Crippen LogP contribution is 2.31. The van der Waals surface area contributed by atoms with Crippen LogP contribution in [0, 0.1) is 6.92 Å². The van der Waals surface area contributed by atoms with Gasteiger partial charge in [0.25, 0.3) is 0 Å². The maximum atomic E-state index is 11.3. The lowest BCUT2D eigenvalue weighted by atomic mass is 10.2. The smallest absolute Gasteiger partial charge is 0.306 e. The highest BCUT2D eigenvalue weighted by atomic mass is 32.1. The molecule has 5 heteroatoms. The van der Waals surface area contributed by atoms with Crippen LogP contribution in [0.4, 0.5) is 0 Å². The Balaban J connectivity index is 1.99. The normalized spacial score (nSPS) is 10.6. The summed E-state index contributed by atoms with van der Waals surface area (Å²) < 4.78 is 4.90. The summed E-state index contributed by atoms with van der Waals surface area (Å²) in [6.45, 7) is 4.35. The standard InChI is InChI=1S/C13H15NO2S2/c1-3-16-11(15)5-4-10-8-18-13(14-10)12-9(2)6-7-17-12/h6-8H,3-5H2,1-2H3. The van der Waals surface area contributed by atoms with Crippen molar-refractivity contribution in [3.05, 3.63) is 28.1 Å². The minimum Gasteiger partial charge on any atom is -0.466 e. The molecule has 0 unspecified atom stereocenters. The van der Waals surface area contributed by atoms with Crippen LogP contribution in [0.2, 0.25) is 0 Å². The van der Waals surface area contributed by atoms with Crippen LogP contribution in [0.1, 0.15) is 24.6 Å². The van der Waals surface area contributed by atoms with Crippen LogP contribution < -0.4 is 0 Å². The van der Waals surface area contributed by atoms with Gasteiger partial charge in [0.1, 0.15) is 5.01 Å². The Hall–Kier alpha value is -1.20. The Labute approximate surface area is 114 Å². The molecule has 0 saturated heterocycles. The molecule has 0 radical (unpaired) electrons. The molecule has 2 heterocycles. The topological polar surface area (TPSA) is 39.2 Å². The molecule has 0 fully saturated rings. The molecule has 96 valence electrons. The third-order valence-electron chi connectivity index (χ3n) is 2.50. The largest absolute Gasteiger partial charge is 0.466 e. The average Bonchev–Trinajstić information content (AvgIpc) is 2.95. The minimum absolute atomic E-state index is 0.153. The van der Waals surface area contributed by atoms with Crippen molar-refractivity contribution >= 4 is 28.6 Å². The summed E-state index contributed by atoms with van der Waals surface area (Å²) in [4.78, 5) is 17.1. The monoisotopic (exact) mass is 281 g/mol. The zero-order chi connectivity index (χ0) is 13.0. The molecule has 0 saturated carbocycles. The maximum absolute atomic E-state index is 11.3. The number of aryl methyl sites for hydroxylation is 2. The van der Waals surface area contributed by atoms with E-state index >= 15 is 0 Å². The van der Waals surface area contributed by atoms with Gasteiger partial charge in [-0.1, -0.05) is 0 Å². The molecule has 0 bridgehead atoms. The maximum Gasteiger partial charge on any atom is 0.306 e. The zero-order valence-corrected chi connectivity index (χ0v) is 12.1. The van der Waals surface area contributed by atoms with Gasteiger partial charge in [0.2, 0.25) is 0 Å². The lowest BCUT2D eigenvalue weighted by molar-refractivity contribution is -0.143. The predicted molar refractivity (Wildman–Crippen MR) is 75.1 cm³/mol. The first kappa shape index (κ1) is 13.2. The Kier molecular flexibility index (Phi) is 4.49. The first-order chi connectivity index (χ1) is 8.70. The lowest BCUT2D eigenvalue weighted by Crippen LogP contribution is -2.05. The first-order valence-electron chi connectivity index (χ1n) is 5.85.